The number of carbonyl (C=O) groups is 2. The molecule has 0 aliphatic heterocycles. The van der Waals surface area contributed by atoms with Crippen molar-refractivity contribution in [2.75, 3.05) is 26.4 Å². The lowest BCUT2D eigenvalue weighted by molar-refractivity contribution is -0.137. The summed E-state index contributed by atoms with van der Waals surface area (Å²) >= 11 is 8.65. The number of carbonyl (C=O) groups excluding carboxylic acids is 2. The van der Waals surface area contributed by atoms with Gasteiger partial charge in [0.15, 0.2) is 0 Å². The SMILES string of the molecule is O=C(C=S)OCCOCCOC(=O)C=S. The van der Waals surface area contributed by atoms with E-state index in [0.717, 1.165) is 10.7 Å². The lowest BCUT2D eigenvalue weighted by atomic mass is 10.7. The Labute approximate surface area is 97.7 Å². The Bertz CT molecular complexity index is 217. The summed E-state index contributed by atoms with van der Waals surface area (Å²) in [6.07, 6.45) is 0. The fraction of sp³-hybridized carbons (Fsp3) is 0.500. The molecule has 0 spiro atoms. The quantitative estimate of drug-likeness (QED) is 0.343. The van der Waals surface area contributed by atoms with Crippen molar-refractivity contribution in [1.29, 1.82) is 0 Å². The van der Waals surface area contributed by atoms with Crippen molar-refractivity contribution in [2.45, 2.75) is 0 Å². The molecule has 5 nitrogen and oxygen atoms in total. The summed E-state index contributed by atoms with van der Waals surface area (Å²) in [4.78, 5) is 21.0. The average Bonchev–Trinajstić information content (AvgIpc) is 2.26. The van der Waals surface area contributed by atoms with Crippen LogP contribution in [0.15, 0.2) is 0 Å². The van der Waals surface area contributed by atoms with E-state index in [1.165, 1.54) is 0 Å². The van der Waals surface area contributed by atoms with E-state index in [4.69, 9.17) is 4.74 Å². The van der Waals surface area contributed by atoms with Crippen LogP contribution in [0.25, 0.3) is 0 Å². The predicted molar refractivity (Wildman–Crippen MR) is 60.0 cm³/mol. The monoisotopic (exact) mass is 250 g/mol. The van der Waals surface area contributed by atoms with E-state index in [0.29, 0.717) is 0 Å². The summed E-state index contributed by atoms with van der Waals surface area (Å²) in [5.74, 6) is -1.14. The Balaban J connectivity index is 3.18. The molecule has 0 aromatic rings. The smallest absolute Gasteiger partial charge is 0.341 e. The molecule has 0 aliphatic rings. The van der Waals surface area contributed by atoms with Crippen molar-refractivity contribution in [3.8, 4) is 0 Å². The van der Waals surface area contributed by atoms with E-state index in [1.807, 2.05) is 0 Å². The van der Waals surface area contributed by atoms with E-state index in [2.05, 4.69) is 33.9 Å². The van der Waals surface area contributed by atoms with E-state index in [-0.39, 0.29) is 26.4 Å². The van der Waals surface area contributed by atoms with Crippen molar-refractivity contribution in [3.05, 3.63) is 0 Å². The first-order chi connectivity index (χ1) is 7.20. The Morgan fingerprint density at radius 1 is 0.867 bits per heavy atom. The van der Waals surface area contributed by atoms with Gasteiger partial charge in [0.1, 0.15) is 13.2 Å². The van der Waals surface area contributed by atoms with Crippen LogP contribution in [-0.4, -0.2) is 49.1 Å². The third kappa shape index (κ3) is 9.39. The zero-order valence-electron chi connectivity index (χ0n) is 7.84. The minimum Gasteiger partial charge on any atom is -0.459 e. The molecule has 15 heavy (non-hydrogen) atoms. The van der Waals surface area contributed by atoms with Gasteiger partial charge in [-0.3, -0.25) is 0 Å². The van der Waals surface area contributed by atoms with Crippen LogP contribution in [0.3, 0.4) is 0 Å². The number of rotatable bonds is 8. The predicted octanol–water partition coefficient (Wildman–Crippen LogP) is 0.0888. The van der Waals surface area contributed by atoms with Crippen molar-refractivity contribution in [3.63, 3.8) is 0 Å². The zero-order chi connectivity index (χ0) is 11.5. The molecular weight excluding hydrogens is 240 g/mol. The number of hydrogen-bond donors (Lipinski definition) is 0. The van der Waals surface area contributed by atoms with Crippen LogP contribution < -0.4 is 0 Å². The van der Waals surface area contributed by atoms with Gasteiger partial charge in [0, 0.05) is 0 Å². The molecule has 0 saturated carbocycles. The minimum absolute atomic E-state index is 0.118. The second-order valence-electron chi connectivity index (χ2n) is 2.18. The van der Waals surface area contributed by atoms with E-state index in [1.54, 1.807) is 0 Å². The number of ether oxygens (including phenoxy) is 3. The summed E-state index contributed by atoms with van der Waals surface area (Å²) in [6, 6.07) is 0. The first-order valence-corrected chi connectivity index (χ1v) is 4.96. The molecule has 0 bridgehead atoms. The van der Waals surface area contributed by atoms with Crippen LogP contribution in [-0.2, 0) is 23.8 Å². The normalized spacial score (nSPS) is 9.07. The Kier molecular flexibility index (Phi) is 9.04. The molecule has 0 atom stereocenters. The summed E-state index contributed by atoms with van der Waals surface area (Å²) in [6.45, 7) is 0.689. The van der Waals surface area contributed by atoms with Gasteiger partial charge in [0.05, 0.1) is 23.9 Å². The fourth-order valence-electron chi connectivity index (χ4n) is 0.572. The van der Waals surface area contributed by atoms with Crippen molar-refractivity contribution < 1.29 is 23.8 Å². The molecule has 0 fully saturated rings. The molecule has 0 rings (SSSR count). The van der Waals surface area contributed by atoms with Crippen LogP contribution in [0.1, 0.15) is 0 Å². The Morgan fingerprint density at radius 3 is 1.60 bits per heavy atom. The first kappa shape index (κ1) is 14.1. The number of esters is 2. The maximum atomic E-state index is 10.5. The molecule has 0 aromatic heterocycles. The van der Waals surface area contributed by atoms with E-state index < -0.39 is 11.9 Å². The second-order valence-corrected chi connectivity index (χ2v) is 2.65. The highest BCUT2D eigenvalue weighted by molar-refractivity contribution is 7.80. The first-order valence-electron chi connectivity index (χ1n) is 4.02. The Hall–Kier alpha value is -0.920. The summed E-state index contributed by atoms with van der Waals surface area (Å²) in [5, 5.41) is 1.81. The van der Waals surface area contributed by atoms with Gasteiger partial charge in [-0.05, 0) is 0 Å². The average molecular weight is 250 g/mol. The van der Waals surface area contributed by atoms with Crippen LogP contribution in [0.2, 0.25) is 0 Å². The third-order valence-electron chi connectivity index (χ3n) is 1.14. The van der Waals surface area contributed by atoms with Gasteiger partial charge in [-0.25, -0.2) is 9.59 Å². The maximum absolute atomic E-state index is 10.5. The number of thiocarbonyl (C=S) groups is 2. The van der Waals surface area contributed by atoms with Gasteiger partial charge in [-0.1, -0.05) is 24.4 Å². The molecule has 0 aliphatic carbocycles. The van der Waals surface area contributed by atoms with Gasteiger partial charge in [0.2, 0.25) is 0 Å². The topological polar surface area (TPSA) is 61.8 Å². The molecule has 0 N–H and O–H groups in total. The molecule has 0 unspecified atom stereocenters. The summed E-state index contributed by atoms with van der Waals surface area (Å²) < 4.78 is 14.1. The minimum atomic E-state index is -0.569. The highest BCUT2D eigenvalue weighted by Crippen LogP contribution is 1.81. The Morgan fingerprint density at radius 2 is 1.27 bits per heavy atom. The van der Waals surface area contributed by atoms with Crippen LogP contribution in [0, 0.1) is 0 Å². The standard InChI is InChI=1S/C8H10O5S2/c9-7(5-14)12-3-1-11-2-4-13-8(10)6-15/h5-6H,1-4H2. The van der Waals surface area contributed by atoms with Gasteiger partial charge >= 0.3 is 11.9 Å². The molecule has 0 heterocycles. The van der Waals surface area contributed by atoms with Gasteiger partial charge in [-0.15, -0.1) is 0 Å². The summed E-state index contributed by atoms with van der Waals surface area (Å²) in [7, 11) is 0. The second kappa shape index (κ2) is 9.63. The van der Waals surface area contributed by atoms with Crippen LogP contribution in [0.4, 0.5) is 0 Å². The molecular formula is C8H10O5S2. The fourth-order valence-corrected chi connectivity index (χ4v) is 0.709. The van der Waals surface area contributed by atoms with Crippen molar-refractivity contribution in [2.24, 2.45) is 0 Å². The highest BCUT2D eigenvalue weighted by atomic mass is 32.1. The van der Waals surface area contributed by atoms with Crippen LogP contribution in [0.5, 0.6) is 0 Å². The number of hydrogen-bond acceptors (Lipinski definition) is 7. The van der Waals surface area contributed by atoms with Gasteiger partial charge < -0.3 is 14.2 Å². The maximum Gasteiger partial charge on any atom is 0.341 e. The van der Waals surface area contributed by atoms with Gasteiger partial charge in [0.25, 0.3) is 0 Å². The third-order valence-corrected chi connectivity index (χ3v) is 1.52. The zero-order valence-corrected chi connectivity index (χ0v) is 9.47. The highest BCUT2D eigenvalue weighted by Gasteiger charge is 1.97. The summed E-state index contributed by atoms with van der Waals surface area (Å²) in [5.41, 5.74) is 0. The molecule has 0 radical (unpaired) electrons. The van der Waals surface area contributed by atoms with Crippen LogP contribution >= 0.6 is 24.4 Å². The largest absolute Gasteiger partial charge is 0.459 e. The van der Waals surface area contributed by atoms with E-state index >= 15 is 0 Å². The molecule has 84 valence electrons. The van der Waals surface area contributed by atoms with E-state index in [9.17, 15) is 9.59 Å². The molecule has 7 heteroatoms. The van der Waals surface area contributed by atoms with Crippen molar-refractivity contribution in [1.82, 2.24) is 0 Å². The molecule has 0 aromatic carbocycles. The lowest BCUT2D eigenvalue weighted by Gasteiger charge is -2.04. The molecule has 0 saturated heterocycles. The molecule has 0 amide bonds. The van der Waals surface area contributed by atoms with Gasteiger partial charge in [-0.2, -0.15) is 0 Å². The lowest BCUT2D eigenvalue weighted by Crippen LogP contribution is -2.14. The van der Waals surface area contributed by atoms with Crippen molar-refractivity contribution >= 4 is 47.1 Å².